The molecule has 0 fully saturated rings. The number of anilines is 2. The average molecular weight is 369 g/mol. The Morgan fingerprint density at radius 2 is 1.58 bits per heavy atom. The molecule has 0 unspecified atom stereocenters. The molecule has 5 N–H and O–H groups in total. The van der Waals surface area contributed by atoms with Gasteiger partial charge >= 0.3 is 0 Å². The minimum Gasteiger partial charge on any atom is -0.383 e. The van der Waals surface area contributed by atoms with Gasteiger partial charge in [0.25, 0.3) is 0 Å². The molecule has 0 bridgehead atoms. The zero-order valence-corrected chi connectivity index (χ0v) is 15.7. The number of nitrogen functional groups attached to an aromatic ring is 2. The number of nitrogens with one attached hydrogen (secondary N) is 1. The Kier molecular flexibility index (Phi) is 4.24. The minimum absolute atomic E-state index is 0. The van der Waals surface area contributed by atoms with Crippen LogP contribution in [0.5, 0.6) is 0 Å². The third-order valence-electron chi connectivity index (χ3n) is 4.38. The van der Waals surface area contributed by atoms with Crippen molar-refractivity contribution in [3.8, 4) is 11.4 Å². The molecule has 4 rings (SSSR count). The Balaban J connectivity index is 0.00000196. The van der Waals surface area contributed by atoms with Crippen LogP contribution in [0.15, 0.2) is 36.4 Å². The second kappa shape index (κ2) is 6.14. The maximum Gasteiger partial charge on any atom is 0.222 e. The van der Waals surface area contributed by atoms with Crippen LogP contribution in [0.2, 0.25) is 0 Å². The summed E-state index contributed by atoms with van der Waals surface area (Å²) in [5.74, 6) is 1.30. The van der Waals surface area contributed by atoms with Crippen molar-refractivity contribution < 1.29 is 0 Å². The fraction of sp³-hybridized carbons (Fsp3) is 0.211. The summed E-state index contributed by atoms with van der Waals surface area (Å²) in [5, 5.41) is 0.723. The van der Waals surface area contributed by atoms with Crippen molar-refractivity contribution >= 4 is 46.1 Å². The van der Waals surface area contributed by atoms with Crippen molar-refractivity contribution in [3.63, 3.8) is 0 Å². The van der Waals surface area contributed by atoms with Crippen molar-refractivity contribution in [2.75, 3.05) is 11.5 Å². The molecule has 7 heteroatoms. The zero-order chi connectivity index (χ0) is 17.8. The van der Waals surface area contributed by atoms with Gasteiger partial charge in [-0.1, -0.05) is 45.0 Å². The van der Waals surface area contributed by atoms with Crippen LogP contribution in [0.1, 0.15) is 26.3 Å². The Morgan fingerprint density at radius 1 is 0.885 bits per heavy atom. The first-order valence-corrected chi connectivity index (χ1v) is 8.15. The molecule has 2 aromatic heterocycles. The molecule has 0 aliphatic carbocycles. The highest BCUT2D eigenvalue weighted by Gasteiger charge is 2.15. The molecule has 6 nitrogen and oxygen atoms in total. The Hall–Kier alpha value is -2.86. The predicted octanol–water partition coefficient (Wildman–Crippen LogP) is 4.06. The van der Waals surface area contributed by atoms with Crippen LogP contribution in [-0.4, -0.2) is 19.9 Å². The second-order valence-electron chi connectivity index (χ2n) is 7.24. The van der Waals surface area contributed by atoms with E-state index in [1.54, 1.807) is 0 Å². The van der Waals surface area contributed by atoms with Crippen LogP contribution in [-0.2, 0) is 5.41 Å². The van der Waals surface area contributed by atoms with Crippen molar-refractivity contribution in [3.05, 3.63) is 42.0 Å². The predicted molar refractivity (Wildman–Crippen MR) is 109 cm³/mol. The highest BCUT2D eigenvalue weighted by molar-refractivity contribution is 6.08. The number of halogens is 1. The number of aromatic nitrogens is 4. The summed E-state index contributed by atoms with van der Waals surface area (Å²) in [6, 6.07) is 12.2. The summed E-state index contributed by atoms with van der Waals surface area (Å²) >= 11 is 0. The SMILES string of the molecule is CC(C)(C)c1ccc(-c2nc3c(ccc4nc(N)nc(N)c43)[nH]2)cc1.Cl. The third kappa shape index (κ3) is 2.93. The van der Waals surface area contributed by atoms with E-state index < -0.39 is 0 Å². The Morgan fingerprint density at radius 3 is 2.23 bits per heavy atom. The highest BCUT2D eigenvalue weighted by Crippen LogP contribution is 2.30. The van der Waals surface area contributed by atoms with E-state index in [1.807, 2.05) is 12.1 Å². The van der Waals surface area contributed by atoms with Crippen LogP contribution >= 0.6 is 12.4 Å². The monoisotopic (exact) mass is 368 g/mol. The van der Waals surface area contributed by atoms with Gasteiger partial charge in [-0.3, -0.25) is 0 Å². The maximum atomic E-state index is 6.05. The quantitative estimate of drug-likeness (QED) is 0.469. The number of rotatable bonds is 1. The van der Waals surface area contributed by atoms with Gasteiger partial charge < -0.3 is 16.5 Å². The highest BCUT2D eigenvalue weighted by atomic mass is 35.5. The van der Waals surface area contributed by atoms with Crippen molar-refractivity contribution in [2.45, 2.75) is 26.2 Å². The lowest BCUT2D eigenvalue weighted by Crippen LogP contribution is -2.10. The molecule has 26 heavy (non-hydrogen) atoms. The Bertz CT molecular complexity index is 1090. The largest absolute Gasteiger partial charge is 0.383 e. The van der Waals surface area contributed by atoms with E-state index in [1.165, 1.54) is 5.56 Å². The number of nitrogens with zero attached hydrogens (tertiary/aromatic N) is 3. The summed E-state index contributed by atoms with van der Waals surface area (Å²) < 4.78 is 0. The van der Waals surface area contributed by atoms with Gasteiger partial charge in [0.2, 0.25) is 5.95 Å². The fourth-order valence-electron chi connectivity index (χ4n) is 3.00. The second-order valence-corrected chi connectivity index (χ2v) is 7.24. The van der Waals surface area contributed by atoms with E-state index in [9.17, 15) is 0 Å². The molecule has 0 amide bonds. The van der Waals surface area contributed by atoms with E-state index in [0.717, 1.165) is 27.8 Å². The maximum absolute atomic E-state index is 6.05. The molecule has 0 aliphatic heterocycles. The lowest BCUT2D eigenvalue weighted by Gasteiger charge is -2.18. The van der Waals surface area contributed by atoms with Gasteiger partial charge in [-0.15, -0.1) is 12.4 Å². The van der Waals surface area contributed by atoms with E-state index in [0.29, 0.717) is 11.3 Å². The molecule has 4 aromatic rings. The summed E-state index contributed by atoms with van der Waals surface area (Å²) in [5.41, 5.74) is 16.5. The van der Waals surface area contributed by atoms with E-state index in [4.69, 9.17) is 16.5 Å². The molecule has 2 heterocycles. The first-order valence-electron chi connectivity index (χ1n) is 8.15. The standard InChI is InChI=1S/C19H20N6.ClH/c1-19(2,3)11-6-4-10(5-7-11)17-22-13-9-8-12-14(15(13)24-17)16(20)25-18(21)23-12;/h4-9H,1-3H3,(H,22,24)(H4,20,21,23,25);1H. The van der Waals surface area contributed by atoms with Crippen molar-refractivity contribution in [1.29, 1.82) is 0 Å². The summed E-state index contributed by atoms with van der Waals surface area (Å²) in [6.07, 6.45) is 0. The Labute approximate surface area is 157 Å². The van der Waals surface area contributed by atoms with Crippen LogP contribution in [0, 0.1) is 0 Å². The average Bonchev–Trinajstić information content (AvgIpc) is 2.97. The molecule has 0 spiro atoms. The van der Waals surface area contributed by atoms with Crippen LogP contribution < -0.4 is 11.5 Å². The molecule has 0 saturated carbocycles. The number of imidazole rings is 1. The number of hydrogen-bond acceptors (Lipinski definition) is 5. The summed E-state index contributed by atoms with van der Waals surface area (Å²) in [7, 11) is 0. The van der Waals surface area contributed by atoms with E-state index in [2.05, 4.69) is 60.0 Å². The number of aromatic amines is 1. The van der Waals surface area contributed by atoms with Crippen molar-refractivity contribution in [2.24, 2.45) is 0 Å². The number of H-pyrrole nitrogens is 1. The molecule has 2 aromatic carbocycles. The molecule has 0 saturated heterocycles. The first kappa shape index (κ1) is 17.9. The summed E-state index contributed by atoms with van der Waals surface area (Å²) in [4.78, 5) is 16.4. The molecule has 134 valence electrons. The van der Waals surface area contributed by atoms with Crippen LogP contribution in [0.25, 0.3) is 33.3 Å². The number of nitrogens with two attached hydrogens (primary N) is 2. The van der Waals surface area contributed by atoms with E-state index >= 15 is 0 Å². The van der Waals surface area contributed by atoms with Gasteiger partial charge in [0.1, 0.15) is 17.2 Å². The first-order chi connectivity index (χ1) is 11.8. The van der Waals surface area contributed by atoms with Crippen LogP contribution in [0.4, 0.5) is 11.8 Å². The van der Waals surface area contributed by atoms with Gasteiger partial charge in [-0.2, -0.15) is 4.98 Å². The van der Waals surface area contributed by atoms with E-state index in [-0.39, 0.29) is 23.8 Å². The lowest BCUT2D eigenvalue weighted by molar-refractivity contribution is 0.590. The van der Waals surface area contributed by atoms with Gasteiger partial charge in [-0.25, -0.2) is 9.97 Å². The van der Waals surface area contributed by atoms with Gasteiger partial charge in [-0.05, 0) is 23.1 Å². The normalized spacial score (nSPS) is 11.7. The molecule has 0 aliphatic rings. The lowest BCUT2D eigenvalue weighted by atomic mass is 9.87. The zero-order valence-electron chi connectivity index (χ0n) is 14.9. The molecular weight excluding hydrogens is 348 g/mol. The number of benzene rings is 2. The topological polar surface area (TPSA) is 106 Å². The van der Waals surface area contributed by atoms with Gasteiger partial charge in [0, 0.05) is 5.56 Å². The number of fused-ring (bicyclic) bond motifs is 3. The van der Waals surface area contributed by atoms with Gasteiger partial charge in [0.05, 0.1) is 16.4 Å². The third-order valence-corrected chi connectivity index (χ3v) is 4.38. The molecule has 0 radical (unpaired) electrons. The van der Waals surface area contributed by atoms with Crippen molar-refractivity contribution in [1.82, 2.24) is 19.9 Å². The molecule has 0 atom stereocenters. The summed E-state index contributed by atoms with van der Waals surface area (Å²) in [6.45, 7) is 6.59. The van der Waals surface area contributed by atoms with Gasteiger partial charge in [0.15, 0.2) is 0 Å². The molecular formula is C19H21ClN6. The van der Waals surface area contributed by atoms with Crippen LogP contribution in [0.3, 0.4) is 0 Å². The smallest absolute Gasteiger partial charge is 0.222 e. The minimum atomic E-state index is 0. The fourth-order valence-corrected chi connectivity index (χ4v) is 3.00. The number of hydrogen-bond donors (Lipinski definition) is 3.